The maximum Gasteiger partial charge on any atom is 0.316 e. The lowest BCUT2D eigenvalue weighted by atomic mass is 10.2. The number of esters is 2. The highest BCUT2D eigenvalue weighted by atomic mass is 32.2. The third kappa shape index (κ3) is 7.91. The summed E-state index contributed by atoms with van der Waals surface area (Å²) in [7, 11) is 1.32. The van der Waals surface area contributed by atoms with Gasteiger partial charge in [-0.2, -0.15) is 0 Å². The van der Waals surface area contributed by atoms with Gasteiger partial charge < -0.3 is 9.47 Å². The van der Waals surface area contributed by atoms with Crippen molar-refractivity contribution < 1.29 is 19.1 Å². The highest BCUT2D eigenvalue weighted by molar-refractivity contribution is 8.00. The predicted octanol–water partition coefficient (Wildman–Crippen LogP) is 1.23. The Labute approximate surface area is 88.3 Å². The fourth-order valence-electron chi connectivity index (χ4n) is 0.648. The first-order chi connectivity index (χ1) is 6.35. The van der Waals surface area contributed by atoms with Crippen LogP contribution >= 0.6 is 11.8 Å². The second-order valence-corrected chi connectivity index (χ2v) is 4.64. The number of rotatable bonds is 4. The van der Waals surface area contributed by atoms with Gasteiger partial charge >= 0.3 is 11.9 Å². The van der Waals surface area contributed by atoms with E-state index in [0.29, 0.717) is 0 Å². The van der Waals surface area contributed by atoms with Crippen LogP contribution in [0.4, 0.5) is 0 Å². The van der Waals surface area contributed by atoms with Gasteiger partial charge in [0.2, 0.25) is 0 Å². The first kappa shape index (κ1) is 13.3. The molecule has 0 spiro atoms. The van der Waals surface area contributed by atoms with E-state index < -0.39 is 5.60 Å². The van der Waals surface area contributed by atoms with Crippen LogP contribution in [0.1, 0.15) is 20.8 Å². The molecule has 5 heteroatoms. The molecule has 4 nitrogen and oxygen atoms in total. The molecule has 0 atom stereocenters. The molecule has 0 saturated heterocycles. The summed E-state index contributed by atoms with van der Waals surface area (Å²) in [5.74, 6) is -0.299. The summed E-state index contributed by atoms with van der Waals surface area (Å²) in [6.45, 7) is 5.40. The molecule has 0 aromatic heterocycles. The van der Waals surface area contributed by atoms with Crippen molar-refractivity contribution in [2.75, 3.05) is 18.6 Å². The van der Waals surface area contributed by atoms with Gasteiger partial charge in [0.05, 0.1) is 18.6 Å². The summed E-state index contributed by atoms with van der Waals surface area (Å²) in [5.41, 5.74) is -0.469. The number of hydrogen-bond donors (Lipinski definition) is 0. The second-order valence-electron chi connectivity index (χ2n) is 3.66. The van der Waals surface area contributed by atoms with Crippen molar-refractivity contribution in [3.05, 3.63) is 0 Å². The zero-order valence-corrected chi connectivity index (χ0v) is 9.77. The minimum Gasteiger partial charge on any atom is -0.468 e. The van der Waals surface area contributed by atoms with Gasteiger partial charge in [-0.05, 0) is 20.8 Å². The quantitative estimate of drug-likeness (QED) is 0.667. The van der Waals surface area contributed by atoms with Gasteiger partial charge in [0, 0.05) is 0 Å². The molecule has 14 heavy (non-hydrogen) atoms. The molecule has 0 aromatic rings. The molecule has 0 saturated carbocycles. The molecule has 0 radical (unpaired) electrons. The Kier molecular flexibility index (Phi) is 5.60. The largest absolute Gasteiger partial charge is 0.468 e. The molecule has 0 aromatic carbocycles. The van der Waals surface area contributed by atoms with Gasteiger partial charge in [0.1, 0.15) is 5.60 Å². The molecule has 0 N–H and O–H groups in total. The lowest BCUT2D eigenvalue weighted by molar-refractivity contribution is -0.151. The van der Waals surface area contributed by atoms with Crippen LogP contribution in [0.15, 0.2) is 0 Å². The van der Waals surface area contributed by atoms with Crippen LogP contribution in [0.2, 0.25) is 0 Å². The van der Waals surface area contributed by atoms with E-state index in [1.807, 2.05) is 0 Å². The summed E-state index contributed by atoms with van der Waals surface area (Å²) in [4.78, 5) is 21.8. The van der Waals surface area contributed by atoms with E-state index in [2.05, 4.69) is 4.74 Å². The average Bonchev–Trinajstić information content (AvgIpc) is 2.00. The summed E-state index contributed by atoms with van der Waals surface area (Å²) >= 11 is 1.19. The summed E-state index contributed by atoms with van der Waals surface area (Å²) in [6, 6.07) is 0. The SMILES string of the molecule is COC(=O)CSCC(=O)OC(C)(C)C. The van der Waals surface area contributed by atoms with Crippen LogP contribution in [-0.2, 0) is 19.1 Å². The zero-order chi connectivity index (χ0) is 11.2. The predicted molar refractivity (Wildman–Crippen MR) is 55.2 cm³/mol. The van der Waals surface area contributed by atoms with E-state index in [4.69, 9.17) is 4.74 Å². The molecule has 0 fully saturated rings. The minimum absolute atomic E-state index is 0.173. The number of thioether (sulfide) groups is 1. The third-order valence-corrected chi connectivity index (χ3v) is 1.97. The lowest BCUT2D eigenvalue weighted by Crippen LogP contribution is -2.25. The second kappa shape index (κ2) is 5.90. The molecule has 0 aliphatic heterocycles. The smallest absolute Gasteiger partial charge is 0.316 e. The highest BCUT2D eigenvalue weighted by Gasteiger charge is 2.16. The highest BCUT2D eigenvalue weighted by Crippen LogP contribution is 2.09. The van der Waals surface area contributed by atoms with Crippen molar-refractivity contribution in [2.45, 2.75) is 26.4 Å². The lowest BCUT2D eigenvalue weighted by Gasteiger charge is -2.19. The number of ether oxygens (including phenoxy) is 2. The Balaban J connectivity index is 3.60. The van der Waals surface area contributed by atoms with Crippen molar-refractivity contribution in [3.8, 4) is 0 Å². The standard InChI is InChI=1S/C9H16O4S/c1-9(2,3)13-8(11)6-14-5-7(10)12-4/h5-6H2,1-4H3. The van der Waals surface area contributed by atoms with E-state index in [-0.39, 0.29) is 23.4 Å². The topological polar surface area (TPSA) is 52.6 Å². The van der Waals surface area contributed by atoms with E-state index in [0.717, 1.165) is 0 Å². The van der Waals surface area contributed by atoms with Gasteiger partial charge in [-0.25, -0.2) is 0 Å². The Hall–Kier alpha value is -0.710. The van der Waals surface area contributed by atoms with Crippen LogP contribution < -0.4 is 0 Å². The first-order valence-electron chi connectivity index (χ1n) is 4.21. The van der Waals surface area contributed by atoms with E-state index in [1.165, 1.54) is 18.9 Å². The van der Waals surface area contributed by atoms with E-state index in [9.17, 15) is 9.59 Å². The van der Waals surface area contributed by atoms with Crippen LogP contribution in [0, 0.1) is 0 Å². The zero-order valence-electron chi connectivity index (χ0n) is 8.96. The first-order valence-corrected chi connectivity index (χ1v) is 5.37. The molecule has 0 rings (SSSR count). The fourth-order valence-corrected chi connectivity index (χ4v) is 1.26. The monoisotopic (exact) mass is 220 g/mol. The van der Waals surface area contributed by atoms with Crippen molar-refractivity contribution in [1.82, 2.24) is 0 Å². The Bertz CT molecular complexity index is 207. The molecule has 0 aliphatic carbocycles. The summed E-state index contributed by atoms with van der Waals surface area (Å²) in [6.07, 6.45) is 0. The molecule has 0 heterocycles. The molecule has 0 aliphatic rings. The van der Waals surface area contributed by atoms with Crippen LogP contribution in [0.5, 0.6) is 0 Å². The Morgan fingerprint density at radius 1 is 1.14 bits per heavy atom. The maximum atomic E-state index is 11.1. The van der Waals surface area contributed by atoms with E-state index in [1.54, 1.807) is 20.8 Å². The molecule has 0 bridgehead atoms. The number of hydrogen-bond acceptors (Lipinski definition) is 5. The molecular formula is C9H16O4S. The number of carbonyl (C=O) groups is 2. The van der Waals surface area contributed by atoms with Crippen molar-refractivity contribution in [2.24, 2.45) is 0 Å². The van der Waals surface area contributed by atoms with Gasteiger partial charge in [0.25, 0.3) is 0 Å². The fraction of sp³-hybridized carbons (Fsp3) is 0.778. The molecule has 82 valence electrons. The van der Waals surface area contributed by atoms with Crippen molar-refractivity contribution in [1.29, 1.82) is 0 Å². The van der Waals surface area contributed by atoms with Gasteiger partial charge in [-0.1, -0.05) is 0 Å². The average molecular weight is 220 g/mol. The van der Waals surface area contributed by atoms with Crippen LogP contribution in [0.3, 0.4) is 0 Å². The van der Waals surface area contributed by atoms with Gasteiger partial charge in [-0.3, -0.25) is 9.59 Å². The molecule has 0 unspecified atom stereocenters. The maximum absolute atomic E-state index is 11.1. The van der Waals surface area contributed by atoms with Crippen molar-refractivity contribution in [3.63, 3.8) is 0 Å². The Morgan fingerprint density at radius 3 is 2.07 bits per heavy atom. The molecule has 0 amide bonds. The third-order valence-electron chi connectivity index (χ3n) is 1.09. The van der Waals surface area contributed by atoms with Crippen LogP contribution in [0.25, 0.3) is 0 Å². The minimum atomic E-state index is -0.469. The normalized spacial score (nSPS) is 10.9. The van der Waals surface area contributed by atoms with Crippen LogP contribution in [-0.4, -0.2) is 36.2 Å². The Morgan fingerprint density at radius 2 is 1.64 bits per heavy atom. The number of carbonyl (C=O) groups excluding carboxylic acids is 2. The summed E-state index contributed by atoms with van der Waals surface area (Å²) < 4.78 is 9.46. The van der Waals surface area contributed by atoms with E-state index >= 15 is 0 Å². The summed E-state index contributed by atoms with van der Waals surface area (Å²) in [5, 5.41) is 0. The van der Waals surface area contributed by atoms with Gasteiger partial charge in [0.15, 0.2) is 0 Å². The number of methoxy groups -OCH3 is 1. The molecular weight excluding hydrogens is 204 g/mol. The van der Waals surface area contributed by atoms with Gasteiger partial charge in [-0.15, -0.1) is 11.8 Å². The van der Waals surface area contributed by atoms with Crippen molar-refractivity contribution >= 4 is 23.7 Å².